The van der Waals surface area contributed by atoms with Crippen LogP contribution in [0.3, 0.4) is 0 Å². The standard InChI is InChI=1S/C15H22N2O/c1-10-6-7-11(9-16-10)17-13-12-5-4-8-18-14(12)15(13,2)3/h6-7,9,12-14,17H,4-5,8H2,1-3H3. The number of anilines is 1. The van der Waals surface area contributed by atoms with Gasteiger partial charge < -0.3 is 10.1 Å². The minimum atomic E-state index is 0.218. The largest absolute Gasteiger partial charge is 0.380 e. The zero-order chi connectivity index (χ0) is 12.8. The van der Waals surface area contributed by atoms with E-state index < -0.39 is 0 Å². The smallest absolute Gasteiger partial charge is 0.0693 e. The first-order valence-corrected chi connectivity index (χ1v) is 6.90. The van der Waals surface area contributed by atoms with Gasteiger partial charge in [-0.2, -0.15) is 0 Å². The Bertz CT molecular complexity index is 427. The topological polar surface area (TPSA) is 34.1 Å². The Kier molecular flexibility index (Phi) is 2.81. The highest BCUT2D eigenvalue weighted by Crippen LogP contribution is 2.52. The van der Waals surface area contributed by atoms with Gasteiger partial charge in [-0.25, -0.2) is 0 Å². The molecule has 1 saturated carbocycles. The molecule has 1 aromatic rings. The number of ether oxygens (including phenoxy) is 1. The van der Waals surface area contributed by atoms with Crippen LogP contribution in [-0.2, 0) is 4.74 Å². The highest BCUT2D eigenvalue weighted by atomic mass is 16.5. The summed E-state index contributed by atoms with van der Waals surface area (Å²) in [5, 5.41) is 3.65. The number of hydrogen-bond donors (Lipinski definition) is 1. The van der Waals surface area contributed by atoms with Crippen LogP contribution in [0.4, 0.5) is 5.69 Å². The molecule has 0 bridgehead atoms. The van der Waals surface area contributed by atoms with Crippen molar-refractivity contribution in [2.45, 2.75) is 45.8 Å². The van der Waals surface area contributed by atoms with E-state index in [0.29, 0.717) is 18.1 Å². The van der Waals surface area contributed by atoms with E-state index in [2.05, 4.69) is 36.3 Å². The molecule has 0 spiro atoms. The summed E-state index contributed by atoms with van der Waals surface area (Å²) >= 11 is 0. The molecule has 3 rings (SSSR count). The summed E-state index contributed by atoms with van der Waals surface area (Å²) in [4.78, 5) is 4.35. The van der Waals surface area contributed by atoms with Crippen LogP contribution in [0.5, 0.6) is 0 Å². The molecule has 3 nitrogen and oxygen atoms in total. The molecule has 18 heavy (non-hydrogen) atoms. The normalized spacial score (nSPS) is 33.4. The highest BCUT2D eigenvalue weighted by molar-refractivity contribution is 5.44. The van der Waals surface area contributed by atoms with Crippen molar-refractivity contribution in [2.24, 2.45) is 11.3 Å². The van der Waals surface area contributed by atoms with Crippen LogP contribution in [0.15, 0.2) is 18.3 Å². The Labute approximate surface area is 109 Å². The average Bonchev–Trinajstić information content (AvgIpc) is 2.38. The predicted octanol–water partition coefficient (Wildman–Crippen LogP) is 3.01. The molecular formula is C15H22N2O. The van der Waals surface area contributed by atoms with Crippen molar-refractivity contribution in [3.8, 4) is 0 Å². The fourth-order valence-corrected chi connectivity index (χ4v) is 3.55. The number of pyridine rings is 1. The maximum Gasteiger partial charge on any atom is 0.0693 e. The molecule has 0 amide bonds. The lowest BCUT2D eigenvalue weighted by atomic mass is 9.55. The molecule has 2 fully saturated rings. The predicted molar refractivity (Wildman–Crippen MR) is 72.6 cm³/mol. The van der Waals surface area contributed by atoms with E-state index in [9.17, 15) is 0 Å². The molecule has 0 aromatic carbocycles. The Hall–Kier alpha value is -1.09. The van der Waals surface area contributed by atoms with Crippen LogP contribution in [0.25, 0.3) is 0 Å². The Morgan fingerprint density at radius 2 is 2.22 bits per heavy atom. The number of aromatic nitrogens is 1. The van der Waals surface area contributed by atoms with Crippen molar-refractivity contribution in [1.82, 2.24) is 4.98 Å². The molecule has 1 saturated heterocycles. The van der Waals surface area contributed by atoms with Gasteiger partial charge in [0.15, 0.2) is 0 Å². The van der Waals surface area contributed by atoms with Gasteiger partial charge >= 0.3 is 0 Å². The monoisotopic (exact) mass is 246 g/mol. The zero-order valence-corrected chi connectivity index (χ0v) is 11.4. The first-order valence-electron chi connectivity index (χ1n) is 6.90. The van der Waals surface area contributed by atoms with Gasteiger partial charge in [0.1, 0.15) is 0 Å². The molecule has 98 valence electrons. The minimum absolute atomic E-state index is 0.218. The molecule has 1 N–H and O–H groups in total. The van der Waals surface area contributed by atoms with Gasteiger partial charge in [-0.3, -0.25) is 4.98 Å². The molecule has 1 aliphatic carbocycles. The third kappa shape index (κ3) is 1.81. The molecule has 2 heterocycles. The maximum atomic E-state index is 5.92. The number of rotatable bonds is 2. The highest BCUT2D eigenvalue weighted by Gasteiger charge is 2.57. The molecule has 3 atom stereocenters. The van der Waals surface area contributed by atoms with Crippen molar-refractivity contribution < 1.29 is 4.74 Å². The molecule has 3 unspecified atom stereocenters. The first-order chi connectivity index (χ1) is 8.59. The summed E-state index contributed by atoms with van der Waals surface area (Å²) in [5.41, 5.74) is 2.41. The summed E-state index contributed by atoms with van der Waals surface area (Å²) in [7, 11) is 0. The molecule has 1 aromatic heterocycles. The van der Waals surface area contributed by atoms with Crippen LogP contribution in [-0.4, -0.2) is 23.7 Å². The van der Waals surface area contributed by atoms with Gasteiger partial charge in [-0.05, 0) is 31.9 Å². The van der Waals surface area contributed by atoms with E-state index >= 15 is 0 Å². The van der Waals surface area contributed by atoms with E-state index in [-0.39, 0.29) is 5.41 Å². The van der Waals surface area contributed by atoms with Crippen molar-refractivity contribution in [3.63, 3.8) is 0 Å². The van der Waals surface area contributed by atoms with E-state index in [1.807, 2.05) is 13.1 Å². The second-order valence-electron chi connectivity index (χ2n) is 6.23. The lowest BCUT2D eigenvalue weighted by Gasteiger charge is -2.60. The van der Waals surface area contributed by atoms with Crippen molar-refractivity contribution in [2.75, 3.05) is 11.9 Å². The van der Waals surface area contributed by atoms with Gasteiger partial charge in [-0.15, -0.1) is 0 Å². The molecule has 2 aliphatic rings. The van der Waals surface area contributed by atoms with E-state index in [4.69, 9.17) is 4.74 Å². The van der Waals surface area contributed by atoms with Crippen LogP contribution in [0.1, 0.15) is 32.4 Å². The summed E-state index contributed by atoms with van der Waals surface area (Å²) in [6.45, 7) is 7.56. The number of nitrogens with one attached hydrogen (secondary N) is 1. The summed E-state index contributed by atoms with van der Waals surface area (Å²) < 4.78 is 5.92. The van der Waals surface area contributed by atoms with Crippen LogP contribution in [0.2, 0.25) is 0 Å². The number of fused-ring (bicyclic) bond motifs is 1. The minimum Gasteiger partial charge on any atom is -0.380 e. The Morgan fingerprint density at radius 1 is 1.39 bits per heavy atom. The first kappa shape index (κ1) is 12.0. The second kappa shape index (κ2) is 4.23. The third-order valence-electron chi connectivity index (χ3n) is 4.56. The molecule has 3 heteroatoms. The van der Waals surface area contributed by atoms with Crippen LogP contribution in [0, 0.1) is 18.3 Å². The summed E-state index contributed by atoms with van der Waals surface area (Å²) in [5.74, 6) is 0.662. The molecule has 1 aliphatic heterocycles. The van der Waals surface area contributed by atoms with Gasteiger partial charge in [-0.1, -0.05) is 13.8 Å². The third-order valence-corrected chi connectivity index (χ3v) is 4.56. The molecular weight excluding hydrogens is 224 g/mol. The lowest BCUT2D eigenvalue weighted by molar-refractivity contribution is -0.177. The summed E-state index contributed by atoms with van der Waals surface area (Å²) in [6.07, 6.45) is 4.84. The quantitative estimate of drug-likeness (QED) is 0.871. The van der Waals surface area contributed by atoms with Gasteiger partial charge in [0.25, 0.3) is 0 Å². The van der Waals surface area contributed by atoms with Crippen molar-refractivity contribution in [1.29, 1.82) is 0 Å². The fourth-order valence-electron chi connectivity index (χ4n) is 3.55. The van der Waals surface area contributed by atoms with E-state index in [0.717, 1.165) is 18.0 Å². The maximum absolute atomic E-state index is 5.92. The SMILES string of the molecule is Cc1ccc(NC2C3CCCOC3C2(C)C)cn1. The number of nitrogens with zero attached hydrogens (tertiary/aromatic N) is 1. The van der Waals surface area contributed by atoms with Crippen LogP contribution < -0.4 is 5.32 Å². The van der Waals surface area contributed by atoms with Gasteiger partial charge in [0, 0.05) is 29.7 Å². The number of hydrogen-bond acceptors (Lipinski definition) is 3. The van der Waals surface area contributed by atoms with E-state index in [1.165, 1.54) is 12.8 Å². The Balaban J connectivity index is 1.74. The molecule has 0 radical (unpaired) electrons. The van der Waals surface area contributed by atoms with Gasteiger partial charge in [0.2, 0.25) is 0 Å². The Morgan fingerprint density at radius 3 is 2.94 bits per heavy atom. The van der Waals surface area contributed by atoms with E-state index in [1.54, 1.807) is 0 Å². The number of aryl methyl sites for hydroxylation is 1. The van der Waals surface area contributed by atoms with Gasteiger partial charge in [0.05, 0.1) is 18.0 Å². The lowest BCUT2D eigenvalue weighted by Crippen LogP contribution is -2.67. The average molecular weight is 246 g/mol. The van der Waals surface area contributed by atoms with Crippen molar-refractivity contribution in [3.05, 3.63) is 24.0 Å². The second-order valence-corrected chi connectivity index (χ2v) is 6.23. The summed E-state index contributed by atoms with van der Waals surface area (Å²) in [6, 6.07) is 4.69. The fraction of sp³-hybridized carbons (Fsp3) is 0.667. The van der Waals surface area contributed by atoms with Crippen LogP contribution >= 0.6 is 0 Å². The van der Waals surface area contributed by atoms with Crippen molar-refractivity contribution >= 4 is 5.69 Å². The zero-order valence-electron chi connectivity index (χ0n) is 11.4.